The number of methoxy groups -OCH3 is 1. The molecule has 4 fully saturated rings. The second-order valence-electron chi connectivity index (χ2n) is 22.9. The van der Waals surface area contributed by atoms with Crippen LogP contribution in [0.3, 0.4) is 0 Å². The molecule has 0 aromatic rings. The lowest BCUT2D eigenvalue weighted by Crippen LogP contribution is -2.52. The van der Waals surface area contributed by atoms with E-state index in [-0.39, 0.29) is 55.7 Å². The minimum Gasteiger partial charge on any atom is -0.469 e. The predicted molar refractivity (Wildman–Crippen MR) is 316 cm³/mol. The van der Waals surface area contributed by atoms with E-state index >= 15 is 0 Å². The topological polar surface area (TPSA) is 257 Å². The molecular weight excluding hydrogens is 1010 g/mol. The van der Waals surface area contributed by atoms with Gasteiger partial charge in [-0.25, -0.2) is 0 Å². The van der Waals surface area contributed by atoms with Crippen LogP contribution in [-0.2, 0) is 33.3 Å². The Morgan fingerprint density at radius 3 is 2.03 bits per heavy atom. The molecule has 0 aromatic carbocycles. The van der Waals surface area contributed by atoms with Gasteiger partial charge in [-0.3, -0.25) is 19.3 Å². The third-order valence-electron chi connectivity index (χ3n) is 15.0. The van der Waals surface area contributed by atoms with Gasteiger partial charge in [-0.05, 0) is 149 Å². The van der Waals surface area contributed by atoms with Gasteiger partial charge < -0.3 is 65.3 Å². The Kier molecular flexibility index (Phi) is 44.1. The van der Waals surface area contributed by atoms with E-state index in [1.54, 1.807) is 25.8 Å². The number of aliphatic hydroxyl groups is 7. The van der Waals surface area contributed by atoms with E-state index in [0.29, 0.717) is 80.9 Å². The number of nitrogens with zero attached hydrogens (tertiary/aromatic N) is 1. The Labute approximate surface area is 479 Å². The third kappa shape index (κ3) is 35.6. The fourth-order valence-corrected chi connectivity index (χ4v) is 9.50. The highest BCUT2D eigenvalue weighted by atomic mass is 16.5. The molecule has 79 heavy (non-hydrogen) atoms. The first-order chi connectivity index (χ1) is 37.2. The first-order valence-corrected chi connectivity index (χ1v) is 30.2. The monoisotopic (exact) mass is 1130 g/mol. The van der Waals surface area contributed by atoms with E-state index in [4.69, 9.17) is 24.4 Å². The molecule has 466 valence electrons. The first kappa shape index (κ1) is 78.1. The van der Waals surface area contributed by atoms with E-state index < -0.39 is 36.4 Å². The molecule has 1 aliphatic carbocycles. The highest BCUT2D eigenvalue weighted by molar-refractivity contribution is 5.81. The maximum absolute atomic E-state index is 12.5. The summed E-state index contributed by atoms with van der Waals surface area (Å²) in [5.74, 6) is 0.716. The quantitative estimate of drug-likeness (QED) is 0.0222. The molecule has 0 aromatic heterocycles. The molecular formula is C62H119N3O14. The van der Waals surface area contributed by atoms with E-state index in [1.807, 2.05) is 20.8 Å². The number of aliphatic hydroxyl groups excluding tert-OH is 7. The Bertz CT molecular complexity index is 1660. The van der Waals surface area contributed by atoms with Gasteiger partial charge >= 0.3 is 11.9 Å². The molecule has 4 rings (SSSR count). The van der Waals surface area contributed by atoms with Crippen LogP contribution in [0, 0.1) is 23.2 Å². The van der Waals surface area contributed by atoms with E-state index in [0.717, 1.165) is 81.9 Å². The van der Waals surface area contributed by atoms with Gasteiger partial charge in [0.1, 0.15) is 6.10 Å². The molecule has 3 heterocycles. The number of esters is 2. The number of cyclic esters (lactones) is 1. The van der Waals surface area contributed by atoms with Crippen LogP contribution in [0.5, 0.6) is 0 Å². The second-order valence-corrected chi connectivity index (χ2v) is 22.9. The van der Waals surface area contributed by atoms with Crippen LogP contribution in [0.25, 0.3) is 0 Å². The van der Waals surface area contributed by atoms with Crippen molar-refractivity contribution in [1.82, 2.24) is 15.5 Å². The Morgan fingerprint density at radius 2 is 1.51 bits per heavy atom. The molecule has 4 aliphatic rings. The lowest BCUT2D eigenvalue weighted by atomic mass is 9.78. The van der Waals surface area contributed by atoms with Crippen molar-refractivity contribution in [3.63, 3.8) is 0 Å². The van der Waals surface area contributed by atoms with E-state index in [1.165, 1.54) is 25.5 Å². The normalized spacial score (nSPS) is 24.6. The molecule has 13 atom stereocenters. The summed E-state index contributed by atoms with van der Waals surface area (Å²) in [6.07, 6.45) is 15.1. The first-order valence-electron chi connectivity index (χ1n) is 30.2. The summed E-state index contributed by atoms with van der Waals surface area (Å²) in [4.78, 5) is 36.2. The summed E-state index contributed by atoms with van der Waals surface area (Å²) < 4.78 is 21.3. The molecule has 0 radical (unpaired) electrons. The largest absolute Gasteiger partial charge is 0.469 e. The van der Waals surface area contributed by atoms with Crippen LogP contribution in [0.4, 0.5) is 0 Å². The molecule has 17 nitrogen and oxygen atoms in total. The van der Waals surface area contributed by atoms with Crippen molar-refractivity contribution in [3.8, 4) is 0 Å². The van der Waals surface area contributed by atoms with Crippen molar-refractivity contribution >= 4 is 17.8 Å². The number of carbonyl (C=O) groups excluding carboxylic acids is 3. The minimum absolute atomic E-state index is 0.0345. The molecule has 3 aliphatic heterocycles. The summed E-state index contributed by atoms with van der Waals surface area (Å²) in [5.41, 5.74) is 3.08. The number of hydrogen-bond acceptors (Lipinski definition) is 16. The van der Waals surface area contributed by atoms with Gasteiger partial charge in [0, 0.05) is 43.5 Å². The number of ether oxygens (including phenoxy) is 4. The fraction of sp³-hybridized carbons (Fsp3) is 0.855. The molecule has 0 bridgehead atoms. The van der Waals surface area contributed by atoms with Crippen molar-refractivity contribution in [2.45, 2.75) is 286 Å². The third-order valence-corrected chi connectivity index (χ3v) is 15.0. The van der Waals surface area contributed by atoms with Gasteiger partial charge in [0.15, 0.2) is 6.10 Å². The number of amides is 1. The lowest BCUT2D eigenvalue weighted by Gasteiger charge is -2.34. The summed E-state index contributed by atoms with van der Waals surface area (Å²) in [6, 6.07) is 0.419. The summed E-state index contributed by atoms with van der Waals surface area (Å²) in [6.45, 7) is 34.3. The van der Waals surface area contributed by atoms with Gasteiger partial charge in [-0.1, -0.05) is 105 Å². The number of carbonyl (C=O) groups is 3. The molecule has 1 saturated carbocycles. The molecule has 0 spiro atoms. The smallest absolute Gasteiger partial charge is 0.306 e. The summed E-state index contributed by atoms with van der Waals surface area (Å²) in [5, 5.41) is 72.2. The molecule has 9 N–H and O–H groups in total. The highest BCUT2D eigenvalue weighted by Crippen LogP contribution is 2.38. The maximum Gasteiger partial charge on any atom is 0.306 e. The number of hydrogen-bond donors (Lipinski definition) is 9. The van der Waals surface area contributed by atoms with Gasteiger partial charge in [-0.15, -0.1) is 0 Å². The standard InChI is InChI=1S/C22H39NO4.C18H34N2O4.C9H18O4.C9H16O.C2H6O.C2H6/c1-4-7-17(15-24)23-19(16-11-12-16)9-6-13-22(2,3)20(25)14-18-8-5-10-21(26)27-18;1-6-7-8-16(20(5)11-21)19-18(23)17(22)15-10-12(2)9-13(3)14(4)24-15;1-7(10)6-8(11)4-3-5-9(12)13-2;1-6-5-7(2)10-9(4)8(6)3;1-2-3;1-2/h7,16,18-20,23-25H,4-6,8-15H2,1-3H3;13-17,21-22H,2,6-11H2,1,3-5H3,(H,19,23);7-8,10-11H,3-6H2,1-2H3;7-9H,1,5H2,2-4H3;3H,2H2,1H3;1-2H3/b17-7+;;;;;/t18-,19?,20-;13-,14?,15?,16+,17+;7-,8+;7?,8-,9-;;/m1101../s1. The van der Waals surface area contributed by atoms with Crippen molar-refractivity contribution in [3.05, 3.63) is 36.1 Å². The number of nitrogens with one attached hydrogen (secondary N) is 2. The molecule has 4 unspecified atom stereocenters. The Morgan fingerprint density at radius 1 is 0.873 bits per heavy atom. The summed E-state index contributed by atoms with van der Waals surface area (Å²) >= 11 is 0. The zero-order valence-corrected chi connectivity index (χ0v) is 52.3. The average Bonchev–Trinajstić information content (AvgIpc) is 4.26. The van der Waals surface area contributed by atoms with Crippen LogP contribution < -0.4 is 10.6 Å². The summed E-state index contributed by atoms with van der Waals surface area (Å²) in [7, 11) is 3.08. The van der Waals surface area contributed by atoms with Gasteiger partial charge in [-0.2, -0.15) is 0 Å². The molecule has 17 heteroatoms. The van der Waals surface area contributed by atoms with Crippen LogP contribution in [-0.4, -0.2) is 160 Å². The van der Waals surface area contributed by atoms with Gasteiger partial charge in [0.25, 0.3) is 5.91 Å². The van der Waals surface area contributed by atoms with E-state index in [9.17, 15) is 39.9 Å². The number of allylic oxidation sites excluding steroid dienone is 1. The zero-order chi connectivity index (χ0) is 60.8. The fourth-order valence-electron chi connectivity index (χ4n) is 9.50. The zero-order valence-electron chi connectivity index (χ0n) is 52.3. The van der Waals surface area contributed by atoms with Crippen LogP contribution >= 0.6 is 0 Å². The van der Waals surface area contributed by atoms with Crippen LogP contribution in [0.15, 0.2) is 36.1 Å². The van der Waals surface area contributed by atoms with Crippen molar-refractivity contribution in [2.75, 3.05) is 34.1 Å². The minimum atomic E-state index is -1.24. The van der Waals surface area contributed by atoms with E-state index in [2.05, 4.69) is 90.0 Å². The van der Waals surface area contributed by atoms with Gasteiger partial charge in [0.2, 0.25) is 0 Å². The van der Waals surface area contributed by atoms with Crippen LogP contribution in [0.1, 0.15) is 218 Å². The predicted octanol–water partition coefficient (Wildman–Crippen LogP) is 9.17. The van der Waals surface area contributed by atoms with Crippen LogP contribution in [0.2, 0.25) is 0 Å². The molecule has 3 saturated heterocycles. The van der Waals surface area contributed by atoms with Gasteiger partial charge in [0.05, 0.1) is 69.3 Å². The lowest BCUT2D eigenvalue weighted by molar-refractivity contribution is -0.156. The average molecular weight is 1130 g/mol. The van der Waals surface area contributed by atoms with Crippen molar-refractivity contribution in [2.24, 2.45) is 23.2 Å². The number of rotatable bonds is 26. The number of unbranched alkanes of at least 4 members (excludes halogenated alkanes) is 1. The Balaban J connectivity index is 0. The highest BCUT2D eigenvalue weighted by Gasteiger charge is 2.36. The van der Waals surface area contributed by atoms with Crippen molar-refractivity contribution < 1.29 is 69.1 Å². The molecule has 1 amide bonds. The second kappa shape index (κ2) is 44.6. The Hall–Kier alpha value is -2.97. The maximum atomic E-state index is 12.5. The van der Waals surface area contributed by atoms with Crippen molar-refractivity contribution in [1.29, 1.82) is 0 Å². The SMILES string of the molecule is C=C1CC(C)O[C@H](C)[C@@H]1C.C=C1CC([C@H](O)C(=O)N[C@H](CCCC)N(C)CO)OC(C)[C@H](C)C1.CC.CC/C=C(\CO)NC(CCCC(C)(C)[C@H](O)C[C@H]1CCCC(=O)O1)C1CC1.CCO.COC(=O)CCC[C@@H](O)C[C@H](C)O.